The predicted molar refractivity (Wildman–Crippen MR) is 94.2 cm³/mol. The Morgan fingerprint density at radius 1 is 1.17 bits per heavy atom. The standard InChI is InChI=1S/C16H16BrClN2O4/c1-22-10-5-13(23-2)12(14(6-10)24-3)8-20-16(21)11-4-9(17)7-19-15(11)18/h4-7H,8H2,1-3H3,(H,20,21). The van der Waals surface area contributed by atoms with E-state index in [4.69, 9.17) is 25.8 Å². The van der Waals surface area contributed by atoms with Gasteiger partial charge in [0.05, 0.1) is 39.0 Å². The second-order valence-electron chi connectivity index (χ2n) is 4.69. The SMILES string of the molecule is COc1cc(OC)c(CNC(=O)c2cc(Br)cnc2Cl)c(OC)c1. The summed E-state index contributed by atoms with van der Waals surface area (Å²) in [6.45, 7) is 0.192. The van der Waals surface area contributed by atoms with Gasteiger partial charge in [0.1, 0.15) is 22.4 Å². The molecule has 6 nitrogen and oxygen atoms in total. The fourth-order valence-electron chi connectivity index (χ4n) is 2.10. The van der Waals surface area contributed by atoms with Crippen molar-refractivity contribution < 1.29 is 19.0 Å². The molecule has 0 aliphatic rings. The summed E-state index contributed by atoms with van der Waals surface area (Å²) >= 11 is 9.24. The number of amides is 1. The number of rotatable bonds is 6. The number of carbonyl (C=O) groups excluding carboxylic acids is 1. The van der Waals surface area contributed by atoms with Crippen LogP contribution >= 0.6 is 27.5 Å². The lowest BCUT2D eigenvalue weighted by Gasteiger charge is -2.15. The quantitative estimate of drug-likeness (QED) is 0.732. The van der Waals surface area contributed by atoms with Crippen LogP contribution < -0.4 is 19.5 Å². The van der Waals surface area contributed by atoms with Crippen LogP contribution in [-0.4, -0.2) is 32.2 Å². The largest absolute Gasteiger partial charge is 0.496 e. The van der Waals surface area contributed by atoms with Crippen molar-refractivity contribution in [1.82, 2.24) is 10.3 Å². The van der Waals surface area contributed by atoms with Crippen molar-refractivity contribution in [3.8, 4) is 17.2 Å². The summed E-state index contributed by atoms with van der Waals surface area (Å²) in [6, 6.07) is 5.04. The number of ether oxygens (including phenoxy) is 3. The number of halogens is 2. The summed E-state index contributed by atoms with van der Waals surface area (Å²) in [7, 11) is 4.63. The molecule has 0 aliphatic carbocycles. The van der Waals surface area contributed by atoms with E-state index >= 15 is 0 Å². The third-order valence-corrected chi connectivity index (χ3v) is 4.03. The van der Waals surface area contributed by atoms with Crippen LogP contribution in [0.25, 0.3) is 0 Å². The maximum Gasteiger partial charge on any atom is 0.254 e. The van der Waals surface area contributed by atoms with Gasteiger partial charge in [0.15, 0.2) is 0 Å². The molecule has 1 N–H and O–H groups in total. The van der Waals surface area contributed by atoms with E-state index in [9.17, 15) is 4.79 Å². The molecule has 0 unspecified atom stereocenters. The van der Waals surface area contributed by atoms with Crippen LogP contribution in [-0.2, 0) is 6.54 Å². The first-order chi connectivity index (χ1) is 11.5. The van der Waals surface area contributed by atoms with E-state index in [1.807, 2.05) is 0 Å². The number of carbonyl (C=O) groups is 1. The normalized spacial score (nSPS) is 10.2. The molecule has 0 saturated carbocycles. The first-order valence-electron chi connectivity index (χ1n) is 6.88. The lowest BCUT2D eigenvalue weighted by atomic mass is 10.1. The molecule has 0 radical (unpaired) electrons. The van der Waals surface area contributed by atoms with Crippen LogP contribution in [0, 0.1) is 0 Å². The average Bonchev–Trinajstić information content (AvgIpc) is 2.60. The molecule has 0 atom stereocenters. The molecule has 0 spiro atoms. The minimum atomic E-state index is -0.353. The van der Waals surface area contributed by atoms with Gasteiger partial charge in [0.2, 0.25) is 0 Å². The topological polar surface area (TPSA) is 69.7 Å². The van der Waals surface area contributed by atoms with Crippen molar-refractivity contribution in [2.45, 2.75) is 6.54 Å². The summed E-state index contributed by atoms with van der Waals surface area (Å²) in [6.07, 6.45) is 1.52. The summed E-state index contributed by atoms with van der Waals surface area (Å²) in [5, 5.41) is 2.91. The summed E-state index contributed by atoms with van der Waals surface area (Å²) in [4.78, 5) is 16.3. The highest BCUT2D eigenvalue weighted by atomic mass is 79.9. The van der Waals surface area contributed by atoms with Crippen molar-refractivity contribution in [2.24, 2.45) is 0 Å². The lowest BCUT2D eigenvalue weighted by molar-refractivity contribution is 0.0950. The van der Waals surface area contributed by atoms with Gasteiger partial charge in [0.25, 0.3) is 5.91 Å². The Balaban J connectivity index is 2.25. The highest BCUT2D eigenvalue weighted by molar-refractivity contribution is 9.10. The number of methoxy groups -OCH3 is 3. The molecule has 0 fully saturated rings. The summed E-state index contributed by atoms with van der Waals surface area (Å²) in [5.74, 6) is 1.33. The maximum atomic E-state index is 12.4. The van der Waals surface area contributed by atoms with Crippen molar-refractivity contribution in [1.29, 1.82) is 0 Å². The van der Waals surface area contributed by atoms with Crippen LogP contribution in [0.1, 0.15) is 15.9 Å². The minimum Gasteiger partial charge on any atom is -0.496 e. The highest BCUT2D eigenvalue weighted by Crippen LogP contribution is 2.34. The van der Waals surface area contributed by atoms with Crippen molar-refractivity contribution in [3.05, 3.63) is 45.1 Å². The van der Waals surface area contributed by atoms with Gasteiger partial charge in [-0.3, -0.25) is 4.79 Å². The predicted octanol–water partition coefficient (Wildman–Crippen LogP) is 3.45. The van der Waals surface area contributed by atoms with Crippen molar-refractivity contribution in [3.63, 3.8) is 0 Å². The third-order valence-electron chi connectivity index (χ3n) is 3.29. The second kappa shape index (κ2) is 8.21. The number of nitrogens with zero attached hydrogens (tertiary/aromatic N) is 1. The summed E-state index contributed by atoms with van der Waals surface area (Å²) < 4.78 is 16.6. The highest BCUT2D eigenvalue weighted by Gasteiger charge is 2.16. The first kappa shape index (κ1) is 18.4. The van der Waals surface area contributed by atoms with Gasteiger partial charge in [-0.05, 0) is 22.0 Å². The molecule has 2 aromatic rings. The van der Waals surface area contributed by atoms with Crippen molar-refractivity contribution in [2.75, 3.05) is 21.3 Å². The van der Waals surface area contributed by atoms with E-state index < -0.39 is 0 Å². The zero-order valence-corrected chi connectivity index (χ0v) is 15.7. The Morgan fingerprint density at radius 2 is 1.79 bits per heavy atom. The number of aromatic nitrogens is 1. The average molecular weight is 416 g/mol. The van der Waals surface area contributed by atoms with E-state index in [2.05, 4.69) is 26.2 Å². The molecule has 2 rings (SSSR count). The third kappa shape index (κ3) is 4.10. The molecule has 8 heteroatoms. The summed E-state index contributed by atoms with van der Waals surface area (Å²) in [5.41, 5.74) is 0.964. The zero-order valence-electron chi connectivity index (χ0n) is 13.4. The van der Waals surface area contributed by atoms with Gasteiger partial charge in [0, 0.05) is 22.8 Å². The van der Waals surface area contributed by atoms with Gasteiger partial charge in [-0.2, -0.15) is 0 Å². The monoisotopic (exact) mass is 414 g/mol. The Kier molecular flexibility index (Phi) is 6.28. The van der Waals surface area contributed by atoms with Gasteiger partial charge in [-0.1, -0.05) is 11.6 Å². The number of hydrogen-bond donors (Lipinski definition) is 1. The fraction of sp³-hybridized carbons (Fsp3) is 0.250. The van der Waals surface area contributed by atoms with Crippen LogP contribution in [0.3, 0.4) is 0 Å². The Hall–Kier alpha value is -1.99. The molecule has 24 heavy (non-hydrogen) atoms. The molecule has 1 heterocycles. The number of pyridine rings is 1. The molecule has 128 valence electrons. The van der Waals surface area contributed by atoms with Gasteiger partial charge >= 0.3 is 0 Å². The van der Waals surface area contributed by atoms with E-state index in [0.717, 1.165) is 0 Å². The molecule has 0 aliphatic heterocycles. The van der Waals surface area contributed by atoms with E-state index in [1.54, 1.807) is 25.3 Å². The molecule has 1 aromatic carbocycles. The van der Waals surface area contributed by atoms with E-state index in [-0.39, 0.29) is 23.2 Å². The van der Waals surface area contributed by atoms with Crippen LogP contribution in [0.4, 0.5) is 0 Å². The van der Waals surface area contributed by atoms with Crippen LogP contribution in [0.2, 0.25) is 5.15 Å². The molecular formula is C16H16BrClN2O4. The Bertz CT molecular complexity index is 730. The van der Waals surface area contributed by atoms with Gasteiger partial charge in [-0.15, -0.1) is 0 Å². The lowest BCUT2D eigenvalue weighted by Crippen LogP contribution is -2.24. The van der Waals surface area contributed by atoms with Crippen LogP contribution in [0.5, 0.6) is 17.2 Å². The number of benzene rings is 1. The minimum absolute atomic E-state index is 0.129. The van der Waals surface area contributed by atoms with E-state index in [1.165, 1.54) is 20.4 Å². The van der Waals surface area contributed by atoms with Crippen molar-refractivity contribution >= 4 is 33.4 Å². The second-order valence-corrected chi connectivity index (χ2v) is 5.96. The molecule has 0 bridgehead atoms. The van der Waals surface area contributed by atoms with Gasteiger partial charge < -0.3 is 19.5 Å². The molecule has 0 saturated heterocycles. The van der Waals surface area contributed by atoms with Crippen LogP contribution in [0.15, 0.2) is 28.9 Å². The van der Waals surface area contributed by atoms with E-state index in [0.29, 0.717) is 27.3 Å². The maximum absolute atomic E-state index is 12.4. The molecular weight excluding hydrogens is 400 g/mol. The molecule has 1 amide bonds. The van der Waals surface area contributed by atoms with Gasteiger partial charge in [-0.25, -0.2) is 4.98 Å². The fourth-order valence-corrected chi connectivity index (χ4v) is 2.62. The molecule has 1 aromatic heterocycles. The number of hydrogen-bond acceptors (Lipinski definition) is 5. The number of nitrogens with one attached hydrogen (secondary N) is 1. The zero-order chi connectivity index (χ0) is 17.7. The smallest absolute Gasteiger partial charge is 0.254 e. The Morgan fingerprint density at radius 3 is 2.33 bits per heavy atom. The first-order valence-corrected chi connectivity index (χ1v) is 8.05. The Labute approximate surface area is 153 Å².